The topological polar surface area (TPSA) is 105 Å². The zero-order valence-corrected chi connectivity index (χ0v) is 15.5. The highest BCUT2D eigenvalue weighted by molar-refractivity contribution is 6.43. The number of rotatable bonds is 6. The number of carbonyl (C=O) groups excluding carboxylic acids is 2. The van der Waals surface area contributed by atoms with Crippen molar-refractivity contribution < 1.29 is 14.5 Å². The molecule has 2 rings (SSSR count). The quantitative estimate of drug-likeness (QED) is 0.461. The Bertz CT molecular complexity index is 863. The van der Waals surface area contributed by atoms with Gasteiger partial charge in [-0.3, -0.25) is 19.7 Å². The van der Waals surface area contributed by atoms with Crippen molar-refractivity contribution in [1.82, 2.24) is 0 Å². The number of nitro benzene ring substituents is 1. The van der Waals surface area contributed by atoms with E-state index in [9.17, 15) is 19.7 Å². The first-order chi connectivity index (χ1) is 12.8. The number of nitrogens with zero attached hydrogens (tertiary/aromatic N) is 2. The average molecular weight is 370 g/mol. The number of nitrogens with one attached hydrogen (secondary N) is 2. The van der Waals surface area contributed by atoms with Gasteiger partial charge in [-0.15, -0.1) is 0 Å². The third kappa shape index (κ3) is 5.04. The minimum absolute atomic E-state index is 0.170. The fourth-order valence-corrected chi connectivity index (χ4v) is 2.64. The number of non-ortho nitro benzene ring substituents is 1. The lowest BCUT2D eigenvalue weighted by Gasteiger charge is -2.22. The molecule has 0 saturated carbocycles. The molecule has 8 nitrogen and oxygen atoms in total. The summed E-state index contributed by atoms with van der Waals surface area (Å²) in [6.07, 6.45) is 0. The predicted molar refractivity (Wildman–Crippen MR) is 105 cm³/mol. The van der Waals surface area contributed by atoms with E-state index in [0.29, 0.717) is 5.69 Å². The van der Waals surface area contributed by atoms with Crippen molar-refractivity contribution in [3.8, 4) is 0 Å². The number of nitro groups is 1. The number of anilines is 3. The van der Waals surface area contributed by atoms with E-state index in [4.69, 9.17) is 0 Å². The molecule has 0 atom stereocenters. The van der Waals surface area contributed by atoms with Gasteiger partial charge in [0.1, 0.15) is 0 Å². The molecule has 2 amide bonds. The maximum atomic E-state index is 12.2. The van der Waals surface area contributed by atoms with E-state index < -0.39 is 16.7 Å². The van der Waals surface area contributed by atoms with Gasteiger partial charge in [0.05, 0.1) is 4.92 Å². The van der Waals surface area contributed by atoms with Crippen LogP contribution in [0.25, 0.3) is 0 Å². The number of benzene rings is 2. The van der Waals surface area contributed by atoms with Crippen molar-refractivity contribution in [2.75, 3.05) is 28.6 Å². The average Bonchev–Trinajstić information content (AvgIpc) is 2.65. The van der Waals surface area contributed by atoms with Crippen LogP contribution in [0.1, 0.15) is 19.4 Å². The molecule has 2 N–H and O–H groups in total. The van der Waals surface area contributed by atoms with Gasteiger partial charge in [0.15, 0.2) is 0 Å². The highest BCUT2D eigenvalue weighted by Crippen LogP contribution is 2.23. The summed E-state index contributed by atoms with van der Waals surface area (Å²) >= 11 is 0. The fraction of sp³-hybridized carbons (Fsp3) is 0.263. The first-order valence-corrected chi connectivity index (χ1v) is 8.58. The summed E-state index contributed by atoms with van der Waals surface area (Å²) in [5.41, 5.74) is 2.41. The summed E-state index contributed by atoms with van der Waals surface area (Å²) in [5.74, 6) is -1.75. The van der Waals surface area contributed by atoms with E-state index in [0.717, 1.165) is 24.3 Å². The molecule has 0 aromatic heterocycles. The van der Waals surface area contributed by atoms with Crippen molar-refractivity contribution >= 4 is 34.6 Å². The van der Waals surface area contributed by atoms with Gasteiger partial charge in [-0.25, -0.2) is 0 Å². The van der Waals surface area contributed by atoms with Gasteiger partial charge in [-0.1, -0.05) is 6.07 Å². The summed E-state index contributed by atoms with van der Waals surface area (Å²) < 4.78 is 0. The standard InChI is InChI=1S/C19H22N4O4/c1-4-22(5-2)15-9-10-17(13(3)11-15)21-19(25)18(24)20-14-7-6-8-16(12-14)23(26)27/h6-12H,4-5H2,1-3H3,(H,20,24)(H,21,25). The molecule has 0 bridgehead atoms. The molecule has 0 spiro atoms. The minimum atomic E-state index is -0.900. The molecule has 0 aliphatic rings. The largest absolute Gasteiger partial charge is 0.372 e. The molecule has 2 aromatic rings. The molecule has 0 aliphatic heterocycles. The zero-order chi connectivity index (χ0) is 20.0. The lowest BCUT2D eigenvalue weighted by atomic mass is 10.1. The molecule has 0 radical (unpaired) electrons. The summed E-state index contributed by atoms with van der Waals surface area (Å²) in [4.78, 5) is 36.6. The van der Waals surface area contributed by atoms with Crippen LogP contribution < -0.4 is 15.5 Å². The third-order valence-electron chi connectivity index (χ3n) is 4.11. The molecule has 0 aliphatic carbocycles. The molecule has 0 heterocycles. The van der Waals surface area contributed by atoms with Crippen LogP contribution in [0, 0.1) is 17.0 Å². The normalized spacial score (nSPS) is 10.2. The Labute approximate surface area is 157 Å². The first-order valence-electron chi connectivity index (χ1n) is 8.58. The van der Waals surface area contributed by atoms with E-state index in [1.807, 2.05) is 19.1 Å². The van der Waals surface area contributed by atoms with Crippen LogP contribution >= 0.6 is 0 Å². The van der Waals surface area contributed by atoms with Crippen LogP contribution in [-0.4, -0.2) is 29.8 Å². The molecular formula is C19H22N4O4. The highest BCUT2D eigenvalue weighted by Gasteiger charge is 2.16. The van der Waals surface area contributed by atoms with E-state index in [2.05, 4.69) is 29.4 Å². The van der Waals surface area contributed by atoms with Crippen LogP contribution in [-0.2, 0) is 9.59 Å². The lowest BCUT2D eigenvalue weighted by Crippen LogP contribution is -2.29. The predicted octanol–water partition coefficient (Wildman–Crippen LogP) is 3.33. The van der Waals surface area contributed by atoms with Crippen LogP contribution in [0.3, 0.4) is 0 Å². The summed E-state index contributed by atoms with van der Waals surface area (Å²) in [5, 5.41) is 15.7. The smallest absolute Gasteiger partial charge is 0.314 e. The number of hydrogen-bond acceptors (Lipinski definition) is 5. The van der Waals surface area contributed by atoms with Crippen molar-refractivity contribution in [3.63, 3.8) is 0 Å². The van der Waals surface area contributed by atoms with E-state index in [-0.39, 0.29) is 11.4 Å². The second kappa shape index (κ2) is 8.79. The van der Waals surface area contributed by atoms with E-state index >= 15 is 0 Å². The van der Waals surface area contributed by atoms with Crippen molar-refractivity contribution in [3.05, 3.63) is 58.1 Å². The molecular weight excluding hydrogens is 348 g/mol. The zero-order valence-electron chi connectivity index (χ0n) is 15.5. The molecule has 142 valence electrons. The Balaban J connectivity index is 2.07. The monoisotopic (exact) mass is 370 g/mol. The minimum Gasteiger partial charge on any atom is -0.372 e. The van der Waals surface area contributed by atoms with Crippen molar-refractivity contribution in [2.24, 2.45) is 0 Å². The summed E-state index contributed by atoms with van der Waals surface area (Å²) in [6.45, 7) is 7.71. The van der Waals surface area contributed by atoms with Crippen molar-refractivity contribution in [1.29, 1.82) is 0 Å². The number of hydrogen-bond donors (Lipinski definition) is 2. The van der Waals surface area contributed by atoms with Crippen LogP contribution in [0.4, 0.5) is 22.7 Å². The Morgan fingerprint density at radius 2 is 1.70 bits per heavy atom. The number of aryl methyl sites for hydroxylation is 1. The van der Waals surface area contributed by atoms with Gasteiger partial charge in [0.25, 0.3) is 5.69 Å². The summed E-state index contributed by atoms with van der Waals surface area (Å²) in [6, 6.07) is 11.0. The molecule has 27 heavy (non-hydrogen) atoms. The van der Waals surface area contributed by atoms with Gasteiger partial charge < -0.3 is 15.5 Å². The second-order valence-corrected chi connectivity index (χ2v) is 5.89. The van der Waals surface area contributed by atoms with Crippen LogP contribution in [0.5, 0.6) is 0 Å². The van der Waals surface area contributed by atoms with Crippen LogP contribution in [0.2, 0.25) is 0 Å². The Morgan fingerprint density at radius 3 is 2.30 bits per heavy atom. The summed E-state index contributed by atoms with van der Waals surface area (Å²) in [7, 11) is 0. The molecule has 0 saturated heterocycles. The highest BCUT2D eigenvalue weighted by atomic mass is 16.6. The molecule has 0 fully saturated rings. The lowest BCUT2D eigenvalue weighted by molar-refractivity contribution is -0.384. The van der Waals surface area contributed by atoms with Crippen LogP contribution in [0.15, 0.2) is 42.5 Å². The van der Waals surface area contributed by atoms with Crippen molar-refractivity contribution in [2.45, 2.75) is 20.8 Å². The van der Waals surface area contributed by atoms with Gasteiger partial charge in [-0.05, 0) is 50.6 Å². The first kappa shape index (κ1) is 19.9. The molecule has 8 heteroatoms. The Morgan fingerprint density at radius 1 is 1.04 bits per heavy atom. The van der Waals surface area contributed by atoms with Gasteiger partial charge in [-0.2, -0.15) is 0 Å². The number of carbonyl (C=O) groups is 2. The third-order valence-corrected chi connectivity index (χ3v) is 4.11. The molecule has 0 unspecified atom stereocenters. The van der Waals surface area contributed by atoms with Gasteiger partial charge >= 0.3 is 11.8 Å². The number of amides is 2. The maximum absolute atomic E-state index is 12.2. The van der Waals surface area contributed by atoms with Gasteiger partial charge in [0, 0.05) is 42.3 Å². The van der Waals surface area contributed by atoms with E-state index in [1.165, 1.54) is 24.3 Å². The SMILES string of the molecule is CCN(CC)c1ccc(NC(=O)C(=O)Nc2cccc([N+](=O)[O-])c2)c(C)c1. The van der Waals surface area contributed by atoms with Gasteiger partial charge in [0.2, 0.25) is 0 Å². The molecule has 2 aromatic carbocycles. The fourth-order valence-electron chi connectivity index (χ4n) is 2.64. The Hall–Kier alpha value is -3.42. The van der Waals surface area contributed by atoms with E-state index in [1.54, 1.807) is 6.07 Å². The maximum Gasteiger partial charge on any atom is 0.314 e. The Kier molecular flexibility index (Phi) is 6.48. The second-order valence-electron chi connectivity index (χ2n) is 5.89.